The molecule has 2 saturated carbocycles. The molecule has 13 rings (SSSR count). The van der Waals surface area contributed by atoms with E-state index in [-0.39, 0.29) is 61.3 Å². The number of nitrogens with one attached hydrogen (secondary N) is 3. The largest absolute Gasteiger partial charge is 0.464 e. The van der Waals surface area contributed by atoms with E-state index in [0.29, 0.717) is 131 Å². The van der Waals surface area contributed by atoms with E-state index in [0.717, 1.165) is 62.1 Å². The van der Waals surface area contributed by atoms with Crippen LogP contribution in [0.15, 0.2) is 36.5 Å². The fraction of sp³-hybridized carbons (Fsp3) is 0.694. The third-order valence-corrected chi connectivity index (χ3v) is 19.9. The van der Waals surface area contributed by atoms with Crippen molar-refractivity contribution in [3.63, 3.8) is 0 Å². The van der Waals surface area contributed by atoms with Crippen LogP contribution in [-0.2, 0) is 51.1 Å². The second-order valence-corrected chi connectivity index (χ2v) is 26.7. The van der Waals surface area contributed by atoms with Crippen LogP contribution in [0, 0.1) is 17.3 Å². The number of hydrogen-bond acceptors (Lipinski definition) is 15. The molecule has 456 valence electrons. The molecule has 6 bridgehead atoms. The monoisotopic (exact) mass is 1170 g/mol. The van der Waals surface area contributed by atoms with Gasteiger partial charge in [0, 0.05) is 100 Å². The van der Waals surface area contributed by atoms with Gasteiger partial charge in [-0.15, -0.1) is 0 Å². The van der Waals surface area contributed by atoms with Gasteiger partial charge in [0.25, 0.3) is 5.91 Å². The van der Waals surface area contributed by atoms with Crippen LogP contribution in [0.25, 0.3) is 27.7 Å². The number of aromatic nitrogens is 2. The number of esters is 1. The maximum atomic E-state index is 15.3. The number of methoxy groups -OCH3 is 1. The first-order valence-electron chi connectivity index (χ1n) is 31.1. The topological polar surface area (TPSA) is 188 Å². The Bertz CT molecular complexity index is 3030. The summed E-state index contributed by atoms with van der Waals surface area (Å²) in [6.45, 7) is 12.8. The molecule has 3 aromatic rings. The van der Waals surface area contributed by atoms with E-state index in [4.69, 9.17) is 23.9 Å². The highest BCUT2D eigenvalue weighted by Gasteiger charge is 2.58. The highest BCUT2D eigenvalue weighted by molar-refractivity contribution is 5.96. The zero-order valence-corrected chi connectivity index (χ0v) is 49.2. The summed E-state index contributed by atoms with van der Waals surface area (Å²) in [5.74, 6) is -0.294. The molecule has 0 radical (unpaired) electrons. The average molecular weight is 1170 g/mol. The van der Waals surface area contributed by atoms with Crippen LogP contribution < -0.4 is 21.0 Å². The van der Waals surface area contributed by atoms with Crippen molar-refractivity contribution in [3.05, 3.63) is 53.4 Å². The van der Waals surface area contributed by atoms with Gasteiger partial charge in [-0.3, -0.25) is 49.2 Å². The van der Waals surface area contributed by atoms with Crippen molar-refractivity contribution in [2.24, 2.45) is 17.3 Å². The van der Waals surface area contributed by atoms with Crippen molar-refractivity contribution < 1.29 is 51.3 Å². The Labute approximate surface area is 490 Å². The Hall–Kier alpha value is -5.20. The summed E-state index contributed by atoms with van der Waals surface area (Å²) < 4.78 is 71.8. The quantitative estimate of drug-likeness (QED) is 0.174. The van der Waals surface area contributed by atoms with E-state index in [9.17, 15) is 9.59 Å². The van der Waals surface area contributed by atoms with Gasteiger partial charge in [0.05, 0.1) is 81.0 Å². The number of rotatable bonds is 11. The number of pyridine rings is 1. The number of carbonyl (C=O) groups is 4. The summed E-state index contributed by atoms with van der Waals surface area (Å²) in [6.07, 6.45) is 6.74. The molecular formula is C62H84F3N11O8. The fourth-order valence-corrected chi connectivity index (χ4v) is 15.3. The molecule has 22 heteroatoms. The fourth-order valence-electron chi connectivity index (χ4n) is 15.3. The van der Waals surface area contributed by atoms with Gasteiger partial charge in [-0.2, -0.15) is 13.2 Å². The number of likely N-dealkylation sites (tertiary alicyclic amines) is 1. The SMILES string of the molecule is CO[C@@H](C)c1ncc(N2CCN3CCOC[C@@H]3C2)cc1-c1c2c3cc(ccc3n1CC(F)(F)F)C1=CCCN(C1)C[C@H](NC(=O)[C@H](C1CCCC1)N1CCOC3(CN(C(=O)[C@@H]4N[C@@H]4C4CC4)C3)C1)C(=O)N1CCC[C@H](N1)C(=O)OCC(C)(C)C2. The van der Waals surface area contributed by atoms with Crippen LogP contribution in [-0.4, -0.2) is 218 Å². The van der Waals surface area contributed by atoms with E-state index in [1.165, 1.54) is 22.4 Å². The minimum atomic E-state index is -4.60. The smallest absolute Gasteiger partial charge is 0.406 e. The van der Waals surface area contributed by atoms with E-state index < -0.39 is 53.9 Å². The molecule has 2 aromatic heterocycles. The molecule has 3 amide bonds. The number of benzene rings is 1. The van der Waals surface area contributed by atoms with Gasteiger partial charge in [-0.1, -0.05) is 38.8 Å². The van der Waals surface area contributed by atoms with Gasteiger partial charge >= 0.3 is 12.1 Å². The molecule has 8 aliphatic heterocycles. The first-order chi connectivity index (χ1) is 40.4. The number of carbonyl (C=O) groups excluding carboxylic acids is 4. The van der Waals surface area contributed by atoms with Crippen LogP contribution in [0.4, 0.5) is 18.9 Å². The number of alkyl halides is 3. The summed E-state index contributed by atoms with van der Waals surface area (Å²) in [5, 5.41) is 8.86. The number of fused-ring (bicyclic) bond motifs is 7. The zero-order valence-electron chi connectivity index (χ0n) is 49.2. The molecule has 1 aromatic carbocycles. The standard InChI is InChI=1S/C62H84F3N11O8/c1-38(81-4)51-46(26-43(28-66-51)72-20-19-71-21-23-82-32-44(71)30-72)55-47-27-60(2,3)37-83-59(80)48-12-8-18-76(69-48)57(78)49(31-70-17-7-11-42(29-70)41-15-16-50(45(47)25-41)75(55)36-62(63,64)65)67-56(77)54(40-9-5-6-10-40)73-22-24-84-61(33-73)34-74(35-61)58(79)53-52(68-53)39-13-14-39/h11,15-16,25-26,28,38-40,44,48-49,52-54,68-69H,5-10,12-14,17-24,27,29-37H2,1-4H3,(H,67,77)/t38-,44-,48-,49-,52+,53+,54-/m0/s1. The Morgan fingerprint density at radius 1 is 0.952 bits per heavy atom. The Morgan fingerprint density at radius 3 is 2.56 bits per heavy atom. The highest BCUT2D eigenvalue weighted by Crippen LogP contribution is 2.45. The second-order valence-electron chi connectivity index (χ2n) is 26.7. The van der Waals surface area contributed by atoms with Gasteiger partial charge in [0.15, 0.2) is 0 Å². The maximum absolute atomic E-state index is 15.3. The van der Waals surface area contributed by atoms with Crippen molar-refractivity contribution in [2.75, 3.05) is 117 Å². The number of nitrogens with zero attached hydrogens (tertiary/aromatic N) is 8. The number of cyclic esters (lactones) is 1. The summed E-state index contributed by atoms with van der Waals surface area (Å²) in [4.78, 5) is 74.4. The Balaban J connectivity index is 0.835. The minimum absolute atomic E-state index is 0.0620. The third-order valence-electron chi connectivity index (χ3n) is 19.9. The number of hydrazine groups is 1. The van der Waals surface area contributed by atoms with Crippen LogP contribution in [0.2, 0.25) is 0 Å². The second kappa shape index (κ2) is 23.1. The molecule has 2 aliphatic carbocycles. The molecule has 10 aliphatic rings. The van der Waals surface area contributed by atoms with Crippen molar-refractivity contribution in [1.82, 2.24) is 50.2 Å². The molecule has 19 nitrogen and oxygen atoms in total. The molecule has 8 atom stereocenters. The van der Waals surface area contributed by atoms with Gasteiger partial charge < -0.3 is 38.6 Å². The summed E-state index contributed by atoms with van der Waals surface area (Å²) in [6, 6.07) is 5.66. The highest BCUT2D eigenvalue weighted by atomic mass is 19.4. The van der Waals surface area contributed by atoms with Gasteiger partial charge in [0.2, 0.25) is 11.8 Å². The van der Waals surface area contributed by atoms with Crippen LogP contribution in [0.3, 0.4) is 0 Å². The molecule has 6 saturated heterocycles. The summed E-state index contributed by atoms with van der Waals surface area (Å²) in [5.41, 5.74) is 6.98. The molecule has 8 fully saturated rings. The lowest BCUT2D eigenvalue weighted by Crippen LogP contribution is -2.73. The van der Waals surface area contributed by atoms with Crippen molar-refractivity contribution >= 4 is 45.9 Å². The number of amides is 3. The number of anilines is 1. The third kappa shape index (κ3) is 11.9. The van der Waals surface area contributed by atoms with Crippen molar-refractivity contribution in [3.8, 4) is 11.3 Å². The lowest BCUT2D eigenvalue weighted by atomic mass is 9.84. The van der Waals surface area contributed by atoms with E-state index in [2.05, 4.69) is 41.7 Å². The zero-order chi connectivity index (χ0) is 58.2. The molecular weight excluding hydrogens is 1080 g/mol. The number of hydrogen-bond donors (Lipinski definition) is 3. The first-order valence-corrected chi connectivity index (χ1v) is 31.1. The van der Waals surface area contributed by atoms with E-state index >= 15 is 22.8 Å². The van der Waals surface area contributed by atoms with Crippen LogP contribution in [0.1, 0.15) is 101 Å². The molecule has 84 heavy (non-hydrogen) atoms. The minimum Gasteiger partial charge on any atom is -0.464 e. The van der Waals surface area contributed by atoms with Gasteiger partial charge in [0.1, 0.15) is 30.3 Å². The average Bonchev–Trinajstić information content (AvgIpc) is 2.10. The lowest BCUT2D eigenvalue weighted by molar-refractivity contribution is -0.197. The van der Waals surface area contributed by atoms with E-state index in [1.54, 1.807) is 13.2 Å². The van der Waals surface area contributed by atoms with Crippen LogP contribution >= 0.6 is 0 Å². The lowest BCUT2D eigenvalue weighted by Gasteiger charge is -2.55. The first kappa shape index (κ1) is 57.9. The molecule has 1 spiro atoms. The Kier molecular flexibility index (Phi) is 15.9. The maximum Gasteiger partial charge on any atom is 0.406 e. The molecule has 1 unspecified atom stereocenters. The van der Waals surface area contributed by atoms with Crippen molar-refractivity contribution in [1.29, 1.82) is 0 Å². The number of halogens is 3. The summed E-state index contributed by atoms with van der Waals surface area (Å²) in [7, 11) is 1.58. The number of morpholine rings is 2. The van der Waals surface area contributed by atoms with Gasteiger partial charge in [-0.05, 0) is 105 Å². The molecule has 10 heterocycles. The van der Waals surface area contributed by atoms with Gasteiger partial charge in [-0.25, -0.2) is 5.43 Å². The summed E-state index contributed by atoms with van der Waals surface area (Å²) >= 11 is 0. The normalized spacial score (nSPS) is 29.6. The molecule has 3 N–H and O–H groups in total. The Morgan fingerprint density at radius 2 is 1.77 bits per heavy atom. The predicted molar refractivity (Wildman–Crippen MR) is 308 cm³/mol. The van der Waals surface area contributed by atoms with Crippen LogP contribution in [0.5, 0.6) is 0 Å². The number of ether oxygens (including phenoxy) is 4. The van der Waals surface area contributed by atoms with Crippen molar-refractivity contribution in [2.45, 2.75) is 146 Å². The van der Waals surface area contributed by atoms with E-state index in [1.807, 2.05) is 50.1 Å². The number of piperazine rings is 1. The predicted octanol–water partition coefficient (Wildman–Crippen LogP) is 4.91.